The molecule has 4 nitrogen and oxygen atoms in total. The number of furan rings is 1. The standard InChI is InChI=1S/C14H16O4/c1-13-5-3-6-14(2,16)10(13)12(15)18-11(13)9-4-7-17-8-9/h3-5,7-8,10-11,16H,6H2,1-2H3/t10-,11+,13-,14-/m1/s1. The lowest BCUT2D eigenvalue weighted by atomic mass is 9.63. The molecule has 0 unspecified atom stereocenters. The molecule has 0 saturated carbocycles. The Hall–Kier alpha value is -1.55. The lowest BCUT2D eigenvalue weighted by Gasteiger charge is -2.40. The first-order valence-electron chi connectivity index (χ1n) is 6.08. The van der Waals surface area contributed by atoms with Crippen LogP contribution in [-0.2, 0) is 9.53 Å². The maximum Gasteiger partial charge on any atom is 0.313 e. The van der Waals surface area contributed by atoms with Gasteiger partial charge in [-0.15, -0.1) is 0 Å². The van der Waals surface area contributed by atoms with E-state index in [-0.39, 0.29) is 5.97 Å². The quantitative estimate of drug-likeness (QED) is 0.611. The Balaban J connectivity index is 2.09. The first kappa shape index (κ1) is 11.5. The van der Waals surface area contributed by atoms with Crippen LogP contribution in [0.3, 0.4) is 0 Å². The topological polar surface area (TPSA) is 59.7 Å². The Bertz CT molecular complexity index is 500. The Morgan fingerprint density at radius 1 is 1.44 bits per heavy atom. The van der Waals surface area contributed by atoms with Gasteiger partial charge in [-0.25, -0.2) is 0 Å². The van der Waals surface area contributed by atoms with Crippen LogP contribution < -0.4 is 0 Å². The molecule has 1 aromatic rings. The van der Waals surface area contributed by atoms with Gasteiger partial charge in [0.1, 0.15) is 6.10 Å². The molecule has 1 saturated heterocycles. The normalized spacial score (nSPS) is 42.7. The summed E-state index contributed by atoms with van der Waals surface area (Å²) in [7, 11) is 0. The molecule has 1 aliphatic carbocycles. The zero-order chi connectivity index (χ0) is 13.0. The molecule has 96 valence electrons. The zero-order valence-corrected chi connectivity index (χ0v) is 10.4. The fraction of sp³-hybridized carbons (Fsp3) is 0.500. The fourth-order valence-corrected chi connectivity index (χ4v) is 3.34. The summed E-state index contributed by atoms with van der Waals surface area (Å²) in [4.78, 5) is 12.1. The number of rotatable bonds is 1. The van der Waals surface area contributed by atoms with E-state index in [1.165, 1.54) is 0 Å². The number of ether oxygens (including phenoxy) is 1. The second-order valence-corrected chi connectivity index (χ2v) is 5.64. The lowest BCUT2D eigenvalue weighted by molar-refractivity contribution is -0.150. The molecule has 0 amide bonds. The van der Waals surface area contributed by atoms with Gasteiger partial charge < -0.3 is 14.3 Å². The second kappa shape index (κ2) is 3.48. The SMILES string of the molecule is C[C@@]12C=CC[C@@](C)(O)[C@@H]1C(=O)O[C@H]2c1ccoc1. The van der Waals surface area contributed by atoms with Crippen LogP contribution in [0.5, 0.6) is 0 Å². The molecule has 0 bridgehead atoms. The van der Waals surface area contributed by atoms with Gasteiger partial charge in [-0.1, -0.05) is 19.1 Å². The zero-order valence-electron chi connectivity index (χ0n) is 10.4. The molecular formula is C14H16O4. The molecule has 0 spiro atoms. The van der Waals surface area contributed by atoms with E-state index in [1.54, 1.807) is 25.5 Å². The highest BCUT2D eigenvalue weighted by molar-refractivity contribution is 5.79. The first-order valence-corrected chi connectivity index (χ1v) is 6.08. The summed E-state index contributed by atoms with van der Waals surface area (Å²) in [6.07, 6.45) is 7.13. The number of carbonyl (C=O) groups excluding carboxylic acids is 1. The van der Waals surface area contributed by atoms with Crippen molar-refractivity contribution in [1.29, 1.82) is 0 Å². The van der Waals surface area contributed by atoms with Crippen LogP contribution in [0, 0.1) is 11.3 Å². The van der Waals surface area contributed by atoms with Crippen molar-refractivity contribution in [3.63, 3.8) is 0 Å². The van der Waals surface area contributed by atoms with Crippen LogP contribution >= 0.6 is 0 Å². The average Bonchev–Trinajstić information content (AvgIpc) is 2.84. The maximum atomic E-state index is 12.1. The predicted octanol–water partition coefficient (Wildman–Crippen LogP) is 2.21. The molecule has 0 aromatic carbocycles. The summed E-state index contributed by atoms with van der Waals surface area (Å²) in [5.41, 5.74) is -0.752. The number of cyclic esters (lactones) is 1. The van der Waals surface area contributed by atoms with Crippen molar-refractivity contribution in [2.75, 3.05) is 0 Å². The minimum atomic E-state index is -1.06. The van der Waals surface area contributed by atoms with Crippen molar-refractivity contribution in [2.24, 2.45) is 11.3 Å². The molecular weight excluding hydrogens is 232 g/mol. The van der Waals surface area contributed by atoms with E-state index in [2.05, 4.69) is 0 Å². The van der Waals surface area contributed by atoms with Crippen LogP contribution in [0.15, 0.2) is 35.2 Å². The minimum absolute atomic E-state index is 0.335. The second-order valence-electron chi connectivity index (χ2n) is 5.64. The third-order valence-corrected chi connectivity index (χ3v) is 4.13. The largest absolute Gasteiger partial charge is 0.472 e. The van der Waals surface area contributed by atoms with Gasteiger partial charge in [0.2, 0.25) is 0 Å². The van der Waals surface area contributed by atoms with Crippen LogP contribution in [0.25, 0.3) is 0 Å². The summed E-state index contributed by atoms with van der Waals surface area (Å²) < 4.78 is 10.5. The molecule has 0 radical (unpaired) electrons. The van der Waals surface area contributed by atoms with Crippen molar-refractivity contribution >= 4 is 5.97 Å². The van der Waals surface area contributed by atoms with Crippen molar-refractivity contribution in [3.8, 4) is 0 Å². The van der Waals surface area contributed by atoms with Crippen LogP contribution in [0.1, 0.15) is 31.9 Å². The summed E-state index contributed by atoms with van der Waals surface area (Å²) in [6, 6.07) is 1.79. The highest BCUT2D eigenvalue weighted by Crippen LogP contribution is 2.56. The van der Waals surface area contributed by atoms with Gasteiger partial charge in [-0.05, 0) is 19.4 Å². The predicted molar refractivity (Wildman–Crippen MR) is 63.5 cm³/mol. The monoisotopic (exact) mass is 248 g/mol. The third-order valence-electron chi connectivity index (χ3n) is 4.13. The summed E-state index contributed by atoms with van der Waals surface area (Å²) >= 11 is 0. The number of aliphatic hydroxyl groups is 1. The Kier molecular flexibility index (Phi) is 2.23. The van der Waals surface area contributed by atoms with E-state index < -0.39 is 23.0 Å². The fourth-order valence-electron chi connectivity index (χ4n) is 3.34. The van der Waals surface area contributed by atoms with Gasteiger partial charge in [-0.2, -0.15) is 0 Å². The highest BCUT2D eigenvalue weighted by atomic mass is 16.6. The molecule has 3 rings (SSSR count). The smallest absolute Gasteiger partial charge is 0.313 e. The van der Waals surface area contributed by atoms with Crippen LogP contribution in [-0.4, -0.2) is 16.7 Å². The molecule has 2 aliphatic rings. The molecule has 1 aromatic heterocycles. The number of esters is 1. The summed E-state index contributed by atoms with van der Waals surface area (Å²) in [5.74, 6) is -0.868. The number of hydrogen-bond acceptors (Lipinski definition) is 4. The number of fused-ring (bicyclic) bond motifs is 1. The first-order chi connectivity index (χ1) is 8.45. The van der Waals surface area contributed by atoms with Gasteiger partial charge in [0.25, 0.3) is 0 Å². The molecule has 2 heterocycles. The van der Waals surface area contributed by atoms with Gasteiger partial charge in [0.15, 0.2) is 0 Å². The van der Waals surface area contributed by atoms with Crippen LogP contribution in [0.4, 0.5) is 0 Å². The number of carbonyl (C=O) groups is 1. The Morgan fingerprint density at radius 3 is 2.89 bits per heavy atom. The molecule has 1 aliphatic heterocycles. The Labute approximate surface area is 105 Å². The van der Waals surface area contributed by atoms with E-state index in [9.17, 15) is 9.90 Å². The van der Waals surface area contributed by atoms with E-state index in [1.807, 2.05) is 19.1 Å². The van der Waals surface area contributed by atoms with Crippen molar-refractivity contribution in [1.82, 2.24) is 0 Å². The van der Waals surface area contributed by atoms with Crippen molar-refractivity contribution in [3.05, 3.63) is 36.3 Å². The van der Waals surface area contributed by atoms with Crippen LogP contribution in [0.2, 0.25) is 0 Å². The Morgan fingerprint density at radius 2 is 2.22 bits per heavy atom. The molecule has 4 atom stereocenters. The average molecular weight is 248 g/mol. The number of hydrogen-bond donors (Lipinski definition) is 1. The third kappa shape index (κ3) is 1.38. The van der Waals surface area contributed by atoms with E-state index in [0.717, 1.165) is 5.56 Å². The van der Waals surface area contributed by atoms with E-state index in [0.29, 0.717) is 6.42 Å². The lowest BCUT2D eigenvalue weighted by Crippen LogP contribution is -2.47. The van der Waals surface area contributed by atoms with E-state index >= 15 is 0 Å². The van der Waals surface area contributed by atoms with Gasteiger partial charge in [0.05, 0.1) is 24.0 Å². The van der Waals surface area contributed by atoms with E-state index in [4.69, 9.17) is 9.15 Å². The summed E-state index contributed by atoms with van der Waals surface area (Å²) in [6.45, 7) is 3.64. The van der Waals surface area contributed by atoms with Gasteiger partial charge in [-0.3, -0.25) is 4.79 Å². The molecule has 4 heteroatoms. The molecule has 18 heavy (non-hydrogen) atoms. The molecule has 1 N–H and O–H groups in total. The minimum Gasteiger partial charge on any atom is -0.472 e. The molecule has 1 fully saturated rings. The van der Waals surface area contributed by atoms with Crippen molar-refractivity contribution < 1.29 is 19.1 Å². The van der Waals surface area contributed by atoms with Gasteiger partial charge in [0, 0.05) is 11.0 Å². The highest BCUT2D eigenvalue weighted by Gasteiger charge is 2.61. The van der Waals surface area contributed by atoms with Gasteiger partial charge >= 0.3 is 5.97 Å². The maximum absolute atomic E-state index is 12.1. The summed E-state index contributed by atoms with van der Waals surface area (Å²) in [5, 5.41) is 10.4. The van der Waals surface area contributed by atoms with Crippen molar-refractivity contribution in [2.45, 2.75) is 32.0 Å².